The molecule has 0 aromatic heterocycles. The molecular formula is C17H26N2. The lowest BCUT2D eigenvalue weighted by atomic mass is 10.1. The van der Waals surface area contributed by atoms with Crippen molar-refractivity contribution in [2.24, 2.45) is 11.8 Å². The van der Waals surface area contributed by atoms with Gasteiger partial charge in [0, 0.05) is 25.7 Å². The number of hydrogen-bond donors (Lipinski definition) is 1. The van der Waals surface area contributed by atoms with Crippen LogP contribution in [0.25, 0.3) is 0 Å². The fourth-order valence-corrected chi connectivity index (χ4v) is 2.74. The SMILES string of the molecule is CC1CC1CN(C)Cc1ccc(CNC2CC2)cc1. The topological polar surface area (TPSA) is 15.3 Å². The van der Waals surface area contributed by atoms with Crippen molar-refractivity contribution in [1.29, 1.82) is 0 Å². The van der Waals surface area contributed by atoms with E-state index < -0.39 is 0 Å². The number of rotatable bonds is 7. The van der Waals surface area contributed by atoms with Crippen molar-refractivity contribution >= 4 is 0 Å². The Hall–Kier alpha value is -0.860. The van der Waals surface area contributed by atoms with Gasteiger partial charge >= 0.3 is 0 Å². The van der Waals surface area contributed by atoms with Crippen molar-refractivity contribution < 1.29 is 0 Å². The van der Waals surface area contributed by atoms with Crippen LogP contribution in [-0.2, 0) is 13.1 Å². The Morgan fingerprint density at radius 3 is 2.37 bits per heavy atom. The van der Waals surface area contributed by atoms with E-state index in [9.17, 15) is 0 Å². The van der Waals surface area contributed by atoms with Crippen LogP contribution in [0.4, 0.5) is 0 Å². The summed E-state index contributed by atoms with van der Waals surface area (Å²) in [4.78, 5) is 2.46. The standard InChI is InChI=1S/C17H26N2/c1-13-9-16(13)12-19(2)11-15-5-3-14(4-6-15)10-18-17-7-8-17/h3-6,13,16-18H,7-12H2,1-2H3. The van der Waals surface area contributed by atoms with Gasteiger partial charge in [-0.2, -0.15) is 0 Å². The fourth-order valence-electron chi connectivity index (χ4n) is 2.74. The number of nitrogens with zero attached hydrogens (tertiary/aromatic N) is 1. The summed E-state index contributed by atoms with van der Waals surface area (Å²) in [7, 11) is 2.24. The number of hydrogen-bond acceptors (Lipinski definition) is 2. The van der Waals surface area contributed by atoms with Crippen LogP contribution >= 0.6 is 0 Å². The van der Waals surface area contributed by atoms with Crippen LogP contribution < -0.4 is 5.32 Å². The molecule has 2 heteroatoms. The maximum Gasteiger partial charge on any atom is 0.0230 e. The fraction of sp³-hybridized carbons (Fsp3) is 0.647. The van der Waals surface area contributed by atoms with Crippen molar-refractivity contribution in [3.8, 4) is 0 Å². The molecule has 2 atom stereocenters. The normalized spacial score (nSPS) is 25.8. The molecule has 2 fully saturated rings. The summed E-state index contributed by atoms with van der Waals surface area (Å²) in [6, 6.07) is 9.93. The Kier molecular flexibility index (Phi) is 3.90. The maximum atomic E-state index is 3.56. The number of nitrogens with one attached hydrogen (secondary N) is 1. The van der Waals surface area contributed by atoms with Gasteiger partial charge in [0.1, 0.15) is 0 Å². The summed E-state index contributed by atoms with van der Waals surface area (Å²) in [5, 5.41) is 3.56. The second-order valence-electron chi connectivity index (χ2n) is 6.64. The number of benzene rings is 1. The third-order valence-electron chi connectivity index (χ3n) is 4.47. The zero-order valence-electron chi connectivity index (χ0n) is 12.2. The van der Waals surface area contributed by atoms with E-state index in [1.807, 2.05) is 0 Å². The average Bonchev–Trinajstić information content (AvgIpc) is 3.29. The zero-order valence-corrected chi connectivity index (χ0v) is 12.2. The Labute approximate surface area is 117 Å². The van der Waals surface area contributed by atoms with Gasteiger partial charge in [0.05, 0.1) is 0 Å². The molecule has 0 aliphatic heterocycles. The van der Waals surface area contributed by atoms with E-state index in [4.69, 9.17) is 0 Å². The summed E-state index contributed by atoms with van der Waals surface area (Å²) in [6.07, 6.45) is 4.15. The van der Waals surface area contributed by atoms with E-state index >= 15 is 0 Å². The van der Waals surface area contributed by atoms with E-state index in [2.05, 4.69) is 48.5 Å². The Balaban J connectivity index is 1.44. The molecule has 0 radical (unpaired) electrons. The zero-order chi connectivity index (χ0) is 13.2. The molecule has 0 bridgehead atoms. The van der Waals surface area contributed by atoms with Gasteiger partial charge in [0.25, 0.3) is 0 Å². The highest BCUT2D eigenvalue weighted by atomic mass is 15.1. The summed E-state index contributed by atoms with van der Waals surface area (Å²) in [6.45, 7) is 5.73. The van der Waals surface area contributed by atoms with Crippen LogP contribution in [0.5, 0.6) is 0 Å². The van der Waals surface area contributed by atoms with Gasteiger partial charge in [-0.1, -0.05) is 31.2 Å². The van der Waals surface area contributed by atoms with E-state index in [1.54, 1.807) is 0 Å². The van der Waals surface area contributed by atoms with Gasteiger partial charge in [0.2, 0.25) is 0 Å². The van der Waals surface area contributed by atoms with Gasteiger partial charge in [-0.25, -0.2) is 0 Å². The summed E-state index contributed by atoms with van der Waals surface area (Å²) in [5.41, 5.74) is 2.85. The molecule has 2 aliphatic rings. The van der Waals surface area contributed by atoms with Gasteiger partial charge in [-0.3, -0.25) is 0 Å². The molecule has 2 saturated carbocycles. The third-order valence-corrected chi connectivity index (χ3v) is 4.47. The van der Waals surface area contributed by atoms with Crippen LogP contribution in [0.3, 0.4) is 0 Å². The molecule has 2 nitrogen and oxygen atoms in total. The smallest absolute Gasteiger partial charge is 0.0230 e. The average molecular weight is 258 g/mol. The molecule has 2 aliphatic carbocycles. The lowest BCUT2D eigenvalue weighted by Crippen LogP contribution is -2.21. The molecule has 1 aromatic rings. The van der Waals surface area contributed by atoms with Gasteiger partial charge in [-0.15, -0.1) is 0 Å². The van der Waals surface area contributed by atoms with Crippen LogP contribution in [0.1, 0.15) is 37.3 Å². The third kappa shape index (κ3) is 4.05. The molecule has 0 spiro atoms. The van der Waals surface area contributed by atoms with Crippen LogP contribution in [0.15, 0.2) is 24.3 Å². The van der Waals surface area contributed by atoms with Crippen LogP contribution in [-0.4, -0.2) is 24.5 Å². The predicted molar refractivity (Wildman–Crippen MR) is 79.9 cm³/mol. The molecule has 1 N–H and O–H groups in total. The molecule has 1 aromatic carbocycles. The molecule has 0 saturated heterocycles. The first-order valence-electron chi connectivity index (χ1n) is 7.70. The first-order chi connectivity index (χ1) is 9.20. The minimum Gasteiger partial charge on any atom is -0.310 e. The van der Waals surface area contributed by atoms with Gasteiger partial charge in [0.15, 0.2) is 0 Å². The second-order valence-corrected chi connectivity index (χ2v) is 6.64. The van der Waals surface area contributed by atoms with Gasteiger partial charge in [-0.05, 0) is 49.3 Å². The molecular weight excluding hydrogens is 232 g/mol. The quantitative estimate of drug-likeness (QED) is 0.809. The van der Waals surface area contributed by atoms with E-state index in [1.165, 1.54) is 36.9 Å². The van der Waals surface area contributed by atoms with Crippen molar-refractivity contribution in [2.75, 3.05) is 13.6 Å². The monoisotopic (exact) mass is 258 g/mol. The molecule has 0 amide bonds. The van der Waals surface area contributed by atoms with E-state index in [0.717, 1.165) is 31.0 Å². The van der Waals surface area contributed by atoms with E-state index in [-0.39, 0.29) is 0 Å². The van der Waals surface area contributed by atoms with Crippen LogP contribution in [0, 0.1) is 11.8 Å². The highest BCUT2D eigenvalue weighted by Crippen LogP contribution is 2.38. The largest absolute Gasteiger partial charge is 0.310 e. The molecule has 3 rings (SSSR count). The lowest BCUT2D eigenvalue weighted by Gasteiger charge is -2.16. The second kappa shape index (κ2) is 5.64. The highest BCUT2D eigenvalue weighted by Gasteiger charge is 2.32. The Morgan fingerprint density at radius 2 is 1.79 bits per heavy atom. The van der Waals surface area contributed by atoms with Crippen LogP contribution in [0.2, 0.25) is 0 Å². The van der Waals surface area contributed by atoms with Crippen molar-refractivity contribution in [3.63, 3.8) is 0 Å². The van der Waals surface area contributed by atoms with Crippen molar-refractivity contribution in [2.45, 2.75) is 45.3 Å². The maximum absolute atomic E-state index is 3.56. The van der Waals surface area contributed by atoms with Crippen molar-refractivity contribution in [3.05, 3.63) is 35.4 Å². The minimum atomic E-state index is 0.798. The van der Waals surface area contributed by atoms with Crippen molar-refractivity contribution in [1.82, 2.24) is 10.2 Å². The first kappa shape index (κ1) is 13.1. The molecule has 2 unspecified atom stereocenters. The molecule has 0 heterocycles. The predicted octanol–water partition coefficient (Wildman–Crippen LogP) is 3.03. The first-order valence-corrected chi connectivity index (χ1v) is 7.70. The molecule has 104 valence electrons. The minimum absolute atomic E-state index is 0.798. The lowest BCUT2D eigenvalue weighted by molar-refractivity contribution is 0.307. The summed E-state index contributed by atoms with van der Waals surface area (Å²) >= 11 is 0. The van der Waals surface area contributed by atoms with Gasteiger partial charge < -0.3 is 10.2 Å². The molecule has 19 heavy (non-hydrogen) atoms. The summed E-state index contributed by atoms with van der Waals surface area (Å²) in [5.74, 6) is 1.91. The highest BCUT2D eigenvalue weighted by molar-refractivity contribution is 5.22. The Morgan fingerprint density at radius 1 is 1.16 bits per heavy atom. The summed E-state index contributed by atoms with van der Waals surface area (Å²) < 4.78 is 0. The Bertz CT molecular complexity index is 408. The van der Waals surface area contributed by atoms with E-state index in [0.29, 0.717) is 0 Å².